The zero-order chi connectivity index (χ0) is 17.4. The van der Waals surface area contributed by atoms with Gasteiger partial charge in [-0.3, -0.25) is 4.79 Å². The molecular weight excluding hydrogens is 386 g/mol. The monoisotopic (exact) mass is 405 g/mol. The van der Waals surface area contributed by atoms with Crippen LogP contribution >= 0.6 is 15.9 Å². The van der Waals surface area contributed by atoms with Gasteiger partial charge in [0.2, 0.25) is 0 Å². The molecule has 1 amide bonds. The number of rotatable bonds is 2. The topological polar surface area (TPSA) is 84.1 Å². The molecule has 4 rings (SSSR count). The number of tetrazole rings is 1. The second-order valence-electron chi connectivity index (χ2n) is 6.93. The lowest BCUT2D eigenvalue weighted by atomic mass is 9.71. The predicted molar refractivity (Wildman–Crippen MR) is 94.3 cm³/mol. The number of likely N-dealkylation sites (tertiary alicyclic amines) is 1. The van der Waals surface area contributed by atoms with E-state index in [0.29, 0.717) is 30.8 Å². The molecule has 25 heavy (non-hydrogen) atoms. The van der Waals surface area contributed by atoms with Crippen molar-refractivity contribution in [1.82, 2.24) is 25.1 Å². The molecule has 2 heterocycles. The Hall–Kier alpha value is -1.80. The van der Waals surface area contributed by atoms with E-state index in [4.69, 9.17) is 0 Å². The fraction of sp³-hybridized carbons (Fsp3) is 0.529. The molecule has 2 aromatic rings. The average molecular weight is 406 g/mol. The molecule has 1 saturated heterocycles. The number of carbonyl (C=O) groups excluding carboxylic acids is 1. The minimum absolute atomic E-state index is 0.0544. The van der Waals surface area contributed by atoms with Gasteiger partial charge in [0.25, 0.3) is 5.91 Å². The number of halogens is 1. The van der Waals surface area contributed by atoms with Crippen molar-refractivity contribution in [3.8, 4) is 5.69 Å². The lowest BCUT2D eigenvalue weighted by Crippen LogP contribution is -2.54. The highest BCUT2D eigenvalue weighted by Crippen LogP contribution is 2.40. The highest BCUT2D eigenvalue weighted by atomic mass is 79.9. The van der Waals surface area contributed by atoms with Crippen LogP contribution in [0.25, 0.3) is 5.69 Å². The third kappa shape index (κ3) is 3.08. The van der Waals surface area contributed by atoms with Gasteiger partial charge in [0.05, 0.1) is 11.2 Å². The number of amides is 1. The van der Waals surface area contributed by atoms with Gasteiger partial charge in [-0.05, 0) is 42.7 Å². The van der Waals surface area contributed by atoms with E-state index in [1.165, 1.54) is 11.1 Å². The number of aromatic nitrogens is 4. The van der Waals surface area contributed by atoms with Crippen molar-refractivity contribution in [2.24, 2.45) is 5.92 Å². The van der Waals surface area contributed by atoms with Crippen LogP contribution in [0.15, 0.2) is 29.0 Å². The molecule has 2 atom stereocenters. The van der Waals surface area contributed by atoms with Crippen LogP contribution in [-0.2, 0) is 0 Å². The Kier molecular flexibility index (Phi) is 4.33. The van der Waals surface area contributed by atoms with E-state index in [2.05, 4.69) is 31.3 Å². The maximum Gasteiger partial charge on any atom is 0.256 e. The molecule has 2 aliphatic rings. The fourth-order valence-electron chi connectivity index (χ4n) is 4.06. The first kappa shape index (κ1) is 16.7. The van der Waals surface area contributed by atoms with E-state index in [0.717, 1.165) is 30.2 Å². The van der Waals surface area contributed by atoms with Gasteiger partial charge in [0, 0.05) is 23.5 Å². The minimum atomic E-state index is -0.595. The number of piperidine rings is 1. The molecule has 0 spiro atoms. The lowest BCUT2D eigenvalue weighted by molar-refractivity contribution is -0.0886. The van der Waals surface area contributed by atoms with E-state index in [9.17, 15) is 9.90 Å². The van der Waals surface area contributed by atoms with Crippen molar-refractivity contribution in [3.63, 3.8) is 0 Å². The molecule has 0 bridgehead atoms. The first-order valence-corrected chi connectivity index (χ1v) is 9.41. The summed E-state index contributed by atoms with van der Waals surface area (Å²) in [7, 11) is 0. The number of aliphatic hydroxyl groups is 1. The van der Waals surface area contributed by atoms with Crippen LogP contribution in [0.4, 0.5) is 0 Å². The molecule has 1 saturated carbocycles. The van der Waals surface area contributed by atoms with Crippen molar-refractivity contribution < 1.29 is 9.90 Å². The number of hydrogen-bond acceptors (Lipinski definition) is 5. The van der Waals surface area contributed by atoms with Crippen molar-refractivity contribution in [1.29, 1.82) is 0 Å². The van der Waals surface area contributed by atoms with Gasteiger partial charge in [-0.15, -0.1) is 15.0 Å². The summed E-state index contributed by atoms with van der Waals surface area (Å²) < 4.78 is 0.825. The van der Waals surface area contributed by atoms with Crippen molar-refractivity contribution >= 4 is 21.8 Å². The Labute approximate surface area is 154 Å². The van der Waals surface area contributed by atoms with E-state index in [1.807, 2.05) is 11.0 Å². The van der Waals surface area contributed by atoms with Crippen molar-refractivity contribution in [2.75, 3.05) is 13.1 Å². The van der Waals surface area contributed by atoms with Gasteiger partial charge >= 0.3 is 0 Å². The van der Waals surface area contributed by atoms with Crippen LogP contribution in [0.3, 0.4) is 0 Å². The number of benzene rings is 1. The number of nitrogens with zero attached hydrogens (tertiary/aromatic N) is 5. The quantitative estimate of drug-likeness (QED) is 0.827. The normalized spacial score (nSPS) is 26.3. The second-order valence-corrected chi connectivity index (χ2v) is 7.85. The van der Waals surface area contributed by atoms with Crippen LogP contribution < -0.4 is 0 Å². The SMILES string of the molecule is O=C(c1cc(Br)ccc1-n1ncnn1)N1CC[C@]2(O)CCCC[C@@H]2C1. The Morgan fingerprint density at radius 2 is 2.20 bits per heavy atom. The Bertz CT molecular complexity index is 781. The molecule has 0 unspecified atom stereocenters. The molecule has 1 aliphatic carbocycles. The van der Waals surface area contributed by atoms with Crippen molar-refractivity contribution in [3.05, 3.63) is 34.6 Å². The van der Waals surface area contributed by atoms with E-state index < -0.39 is 5.60 Å². The molecular formula is C17H20BrN5O2. The minimum Gasteiger partial charge on any atom is -0.389 e. The van der Waals surface area contributed by atoms with Crippen LogP contribution in [0.5, 0.6) is 0 Å². The Morgan fingerprint density at radius 1 is 1.32 bits per heavy atom. The standard InChI is InChI=1S/C17H20BrN5O2/c18-13-4-5-15(23-20-11-19-21-23)14(9-13)16(24)22-8-7-17(25)6-2-1-3-12(17)10-22/h4-5,9,11-12,25H,1-3,6-8,10H2/t12-,17-/m1/s1. The van der Waals surface area contributed by atoms with Crippen LogP contribution in [0.1, 0.15) is 42.5 Å². The molecule has 132 valence electrons. The number of fused-ring (bicyclic) bond motifs is 1. The van der Waals surface area contributed by atoms with E-state index >= 15 is 0 Å². The third-order valence-electron chi connectivity index (χ3n) is 5.47. The largest absolute Gasteiger partial charge is 0.389 e. The molecule has 1 aromatic heterocycles. The second kappa shape index (κ2) is 6.49. The lowest BCUT2D eigenvalue weighted by Gasteiger charge is -2.47. The summed E-state index contributed by atoms with van der Waals surface area (Å²) >= 11 is 3.44. The fourth-order valence-corrected chi connectivity index (χ4v) is 4.42. The summed E-state index contributed by atoms with van der Waals surface area (Å²) in [6.07, 6.45) is 6.03. The summed E-state index contributed by atoms with van der Waals surface area (Å²) in [6.45, 7) is 1.18. The highest BCUT2D eigenvalue weighted by Gasteiger charge is 2.44. The van der Waals surface area contributed by atoms with Gasteiger partial charge in [-0.1, -0.05) is 28.8 Å². The summed E-state index contributed by atoms with van der Waals surface area (Å²) in [4.78, 5) is 16.4. The number of hydrogen-bond donors (Lipinski definition) is 1. The van der Waals surface area contributed by atoms with Gasteiger partial charge in [0.1, 0.15) is 5.69 Å². The van der Waals surface area contributed by atoms with E-state index in [-0.39, 0.29) is 11.8 Å². The van der Waals surface area contributed by atoms with Crippen LogP contribution in [-0.4, -0.2) is 54.8 Å². The summed E-state index contributed by atoms with van der Waals surface area (Å²) in [5.41, 5.74) is 0.548. The number of carbonyl (C=O) groups is 1. The summed E-state index contributed by atoms with van der Waals surface area (Å²) in [6, 6.07) is 5.45. The van der Waals surface area contributed by atoms with Crippen molar-refractivity contribution in [2.45, 2.75) is 37.7 Å². The zero-order valence-corrected chi connectivity index (χ0v) is 15.4. The zero-order valence-electron chi connectivity index (χ0n) is 13.8. The Morgan fingerprint density at radius 3 is 3.00 bits per heavy atom. The van der Waals surface area contributed by atoms with Crippen LogP contribution in [0.2, 0.25) is 0 Å². The maximum atomic E-state index is 13.2. The van der Waals surface area contributed by atoms with Crippen LogP contribution in [0, 0.1) is 5.92 Å². The first-order chi connectivity index (χ1) is 12.1. The summed E-state index contributed by atoms with van der Waals surface area (Å²) in [5.74, 6) is 0.111. The predicted octanol–water partition coefficient (Wildman–Crippen LogP) is 2.19. The van der Waals surface area contributed by atoms with Gasteiger partial charge in [0.15, 0.2) is 6.33 Å². The summed E-state index contributed by atoms with van der Waals surface area (Å²) in [5, 5.41) is 22.5. The van der Waals surface area contributed by atoms with E-state index in [1.54, 1.807) is 12.1 Å². The van der Waals surface area contributed by atoms with Gasteiger partial charge < -0.3 is 10.0 Å². The molecule has 1 N–H and O–H groups in total. The first-order valence-electron chi connectivity index (χ1n) is 8.61. The molecule has 8 heteroatoms. The van der Waals surface area contributed by atoms with Gasteiger partial charge in [-0.25, -0.2) is 0 Å². The molecule has 2 fully saturated rings. The highest BCUT2D eigenvalue weighted by molar-refractivity contribution is 9.10. The Balaban J connectivity index is 1.62. The molecule has 7 nitrogen and oxygen atoms in total. The van der Waals surface area contributed by atoms with Gasteiger partial charge in [-0.2, -0.15) is 0 Å². The molecule has 1 aliphatic heterocycles. The average Bonchev–Trinajstić information content (AvgIpc) is 3.14. The smallest absolute Gasteiger partial charge is 0.256 e. The molecule has 1 aromatic carbocycles. The maximum absolute atomic E-state index is 13.2. The third-order valence-corrected chi connectivity index (χ3v) is 5.96. The molecule has 0 radical (unpaired) electrons.